The summed E-state index contributed by atoms with van der Waals surface area (Å²) in [6, 6.07) is 4.22. The number of hydrogen-bond acceptors (Lipinski definition) is 1. The van der Waals surface area contributed by atoms with Crippen LogP contribution in [-0.4, -0.2) is 29.8 Å². The zero-order chi connectivity index (χ0) is 13.3. The summed E-state index contributed by atoms with van der Waals surface area (Å²) in [7, 11) is 1.74. The fourth-order valence-electron chi connectivity index (χ4n) is 2.17. The fourth-order valence-corrected chi connectivity index (χ4v) is 3.14. The molecule has 1 aliphatic carbocycles. The van der Waals surface area contributed by atoms with Gasteiger partial charge in [-0.2, -0.15) is 0 Å². The molecule has 0 spiro atoms. The Hall–Kier alpha value is -0.610. The van der Waals surface area contributed by atoms with E-state index in [1.807, 2.05) is 0 Å². The van der Waals surface area contributed by atoms with Crippen molar-refractivity contribution in [1.82, 2.24) is 4.90 Å². The zero-order valence-electron chi connectivity index (χ0n) is 10.00. The summed E-state index contributed by atoms with van der Waals surface area (Å²) in [4.78, 5) is 13.7. The molecule has 0 bridgehead atoms. The lowest BCUT2D eigenvalue weighted by Gasteiger charge is -2.34. The topological polar surface area (TPSA) is 20.3 Å². The number of hydrogen-bond donors (Lipinski definition) is 0. The Morgan fingerprint density at radius 1 is 1.50 bits per heavy atom. The highest BCUT2D eigenvalue weighted by Gasteiger charge is 2.29. The molecule has 0 aliphatic heterocycles. The summed E-state index contributed by atoms with van der Waals surface area (Å²) in [5, 5.41) is 0.252. The quantitative estimate of drug-likeness (QED) is 0.772. The van der Waals surface area contributed by atoms with E-state index in [-0.39, 0.29) is 11.3 Å². The third-order valence-corrected chi connectivity index (χ3v) is 3.98. The molecule has 0 N–H and O–H groups in total. The minimum atomic E-state index is -0.411. The van der Waals surface area contributed by atoms with Crippen molar-refractivity contribution in [3.05, 3.63) is 34.1 Å². The Kier molecular flexibility index (Phi) is 4.28. The first kappa shape index (κ1) is 13.8. The van der Waals surface area contributed by atoms with Crippen molar-refractivity contribution < 1.29 is 9.18 Å². The zero-order valence-corrected chi connectivity index (χ0v) is 12.3. The molecule has 1 aliphatic rings. The average molecular weight is 335 g/mol. The van der Waals surface area contributed by atoms with E-state index in [1.54, 1.807) is 18.0 Å². The predicted octanol–water partition coefficient (Wildman–Crippen LogP) is 3.68. The molecule has 2 rings (SSSR count). The predicted molar refractivity (Wildman–Crippen MR) is 73.4 cm³/mol. The van der Waals surface area contributed by atoms with Gasteiger partial charge in [-0.15, -0.1) is 11.6 Å². The van der Waals surface area contributed by atoms with Crippen molar-refractivity contribution >= 4 is 33.4 Å². The van der Waals surface area contributed by atoms with Crippen molar-refractivity contribution in [2.45, 2.75) is 18.2 Å². The van der Waals surface area contributed by atoms with Crippen LogP contribution in [0, 0.1) is 11.7 Å². The maximum absolute atomic E-state index is 13.2. The van der Waals surface area contributed by atoms with Crippen molar-refractivity contribution in [1.29, 1.82) is 0 Å². The summed E-state index contributed by atoms with van der Waals surface area (Å²) in [6.45, 7) is 0.677. The molecule has 18 heavy (non-hydrogen) atoms. The molecule has 1 saturated carbocycles. The van der Waals surface area contributed by atoms with Gasteiger partial charge in [-0.3, -0.25) is 4.79 Å². The second-order valence-corrected chi connectivity index (χ2v) is 6.31. The molecule has 0 saturated heterocycles. The summed E-state index contributed by atoms with van der Waals surface area (Å²) in [5.74, 6) is -0.0998. The highest BCUT2D eigenvalue weighted by molar-refractivity contribution is 9.10. The van der Waals surface area contributed by atoms with E-state index in [0.717, 1.165) is 12.8 Å². The van der Waals surface area contributed by atoms with Gasteiger partial charge < -0.3 is 4.90 Å². The molecule has 0 unspecified atom stereocenters. The van der Waals surface area contributed by atoms with Crippen molar-refractivity contribution in [3.8, 4) is 0 Å². The van der Waals surface area contributed by atoms with Gasteiger partial charge >= 0.3 is 0 Å². The molecule has 5 heteroatoms. The Balaban J connectivity index is 2.01. The Morgan fingerprint density at radius 3 is 2.72 bits per heavy atom. The lowest BCUT2D eigenvalue weighted by Crippen LogP contribution is -2.37. The summed E-state index contributed by atoms with van der Waals surface area (Å²) in [5.41, 5.74) is 0.367. The monoisotopic (exact) mass is 333 g/mol. The van der Waals surface area contributed by atoms with Crippen LogP contribution in [0.1, 0.15) is 23.2 Å². The van der Waals surface area contributed by atoms with E-state index in [4.69, 9.17) is 11.6 Å². The van der Waals surface area contributed by atoms with Crippen LogP contribution in [0.5, 0.6) is 0 Å². The molecule has 2 nitrogen and oxygen atoms in total. The molecule has 0 radical (unpaired) electrons. The third kappa shape index (κ3) is 3.23. The second-order valence-electron chi connectivity index (χ2n) is 4.78. The normalized spacial score (nSPS) is 22.4. The van der Waals surface area contributed by atoms with Gasteiger partial charge in [0.1, 0.15) is 5.82 Å². The summed E-state index contributed by atoms with van der Waals surface area (Å²) < 4.78 is 13.8. The molecule has 1 fully saturated rings. The van der Waals surface area contributed by atoms with Gasteiger partial charge in [0.25, 0.3) is 5.91 Å². The number of nitrogens with zero attached hydrogens (tertiary/aromatic N) is 1. The fraction of sp³-hybridized carbons (Fsp3) is 0.462. The van der Waals surface area contributed by atoms with Crippen LogP contribution in [0.3, 0.4) is 0 Å². The maximum Gasteiger partial charge on any atom is 0.253 e. The van der Waals surface area contributed by atoms with Crippen LogP contribution in [0.4, 0.5) is 4.39 Å². The van der Waals surface area contributed by atoms with Crippen LogP contribution < -0.4 is 0 Å². The Morgan fingerprint density at radius 2 is 2.17 bits per heavy atom. The largest absolute Gasteiger partial charge is 0.341 e. The van der Waals surface area contributed by atoms with Crippen molar-refractivity contribution in [2.24, 2.45) is 5.92 Å². The lowest BCUT2D eigenvalue weighted by molar-refractivity contribution is 0.0746. The van der Waals surface area contributed by atoms with E-state index in [1.165, 1.54) is 12.1 Å². The number of halogens is 3. The van der Waals surface area contributed by atoms with E-state index in [0.29, 0.717) is 22.5 Å². The summed E-state index contributed by atoms with van der Waals surface area (Å²) in [6.07, 6.45) is 1.90. The van der Waals surface area contributed by atoms with E-state index >= 15 is 0 Å². The van der Waals surface area contributed by atoms with Gasteiger partial charge in [0.15, 0.2) is 0 Å². The van der Waals surface area contributed by atoms with Gasteiger partial charge in [-0.1, -0.05) is 15.9 Å². The first-order valence-corrected chi connectivity index (χ1v) is 7.04. The highest BCUT2D eigenvalue weighted by atomic mass is 79.9. The van der Waals surface area contributed by atoms with Crippen LogP contribution in [-0.2, 0) is 0 Å². The van der Waals surface area contributed by atoms with Gasteiger partial charge in [-0.25, -0.2) is 4.39 Å². The van der Waals surface area contributed by atoms with Crippen LogP contribution in [0.2, 0.25) is 0 Å². The van der Waals surface area contributed by atoms with Gasteiger partial charge in [0.2, 0.25) is 0 Å². The van der Waals surface area contributed by atoms with E-state index in [9.17, 15) is 9.18 Å². The van der Waals surface area contributed by atoms with Gasteiger partial charge in [0, 0.05) is 29.0 Å². The molecule has 1 aromatic carbocycles. The minimum Gasteiger partial charge on any atom is -0.341 e. The van der Waals surface area contributed by atoms with Crippen molar-refractivity contribution in [3.63, 3.8) is 0 Å². The number of amides is 1. The third-order valence-electron chi connectivity index (χ3n) is 3.17. The number of carbonyl (C=O) groups excluding carboxylic acids is 1. The smallest absolute Gasteiger partial charge is 0.253 e. The van der Waals surface area contributed by atoms with Crippen LogP contribution >= 0.6 is 27.5 Å². The minimum absolute atomic E-state index is 0.159. The number of carbonyl (C=O) groups is 1. The highest BCUT2D eigenvalue weighted by Crippen LogP contribution is 2.32. The molecule has 1 aromatic rings. The lowest BCUT2D eigenvalue weighted by atomic mass is 9.84. The van der Waals surface area contributed by atoms with Gasteiger partial charge in [-0.05, 0) is 37.0 Å². The number of benzene rings is 1. The SMILES string of the molecule is CN(CC1CC(Cl)C1)C(=O)c1cc(F)cc(Br)c1. The van der Waals surface area contributed by atoms with E-state index in [2.05, 4.69) is 15.9 Å². The number of alkyl halides is 1. The first-order valence-electron chi connectivity index (χ1n) is 5.81. The van der Waals surface area contributed by atoms with E-state index < -0.39 is 5.82 Å². The number of rotatable bonds is 3. The molecule has 1 amide bonds. The molecule has 98 valence electrons. The van der Waals surface area contributed by atoms with Crippen molar-refractivity contribution in [2.75, 3.05) is 13.6 Å². The molecular formula is C13H14BrClFNO. The first-order chi connectivity index (χ1) is 8.45. The molecule has 0 aromatic heterocycles. The Labute approximate surface area is 119 Å². The Bertz CT molecular complexity index is 442. The molecule has 0 heterocycles. The summed E-state index contributed by atoms with van der Waals surface area (Å²) >= 11 is 9.09. The molecule has 0 atom stereocenters. The average Bonchev–Trinajstić information content (AvgIpc) is 2.24. The van der Waals surface area contributed by atoms with Crippen LogP contribution in [0.25, 0.3) is 0 Å². The standard InChI is InChI=1S/C13H14BrClFNO/c1-17(7-8-2-11(15)3-8)13(18)9-4-10(14)6-12(16)5-9/h4-6,8,11H,2-3,7H2,1H3. The molecular weight excluding hydrogens is 321 g/mol. The van der Waals surface area contributed by atoms with Gasteiger partial charge in [0.05, 0.1) is 0 Å². The van der Waals surface area contributed by atoms with Crippen LogP contribution in [0.15, 0.2) is 22.7 Å². The maximum atomic E-state index is 13.2. The second kappa shape index (κ2) is 5.57.